The van der Waals surface area contributed by atoms with Crippen molar-refractivity contribution in [3.8, 4) is 5.75 Å². The van der Waals surface area contributed by atoms with Crippen LogP contribution in [-0.4, -0.2) is 20.3 Å². The van der Waals surface area contributed by atoms with Gasteiger partial charge < -0.3 is 15.2 Å². The molecule has 0 unspecified atom stereocenters. The molecule has 4 heteroatoms. The van der Waals surface area contributed by atoms with Gasteiger partial charge in [0, 0.05) is 19.8 Å². The molecule has 15 heavy (non-hydrogen) atoms. The van der Waals surface area contributed by atoms with E-state index in [1.54, 1.807) is 19.2 Å². The molecule has 0 saturated heterocycles. The molecule has 0 aliphatic rings. The van der Waals surface area contributed by atoms with Gasteiger partial charge in [0.15, 0.2) is 0 Å². The van der Waals surface area contributed by atoms with E-state index >= 15 is 0 Å². The number of nitrogen functional groups attached to an aromatic ring is 1. The van der Waals surface area contributed by atoms with Gasteiger partial charge in [0.25, 0.3) is 0 Å². The van der Waals surface area contributed by atoms with E-state index in [0.717, 1.165) is 25.2 Å². The first-order valence-electron chi connectivity index (χ1n) is 4.91. The van der Waals surface area contributed by atoms with Crippen LogP contribution in [0.25, 0.3) is 0 Å². The number of unbranched alkanes of at least 4 members (excludes halogenated alkanes) is 1. The van der Waals surface area contributed by atoms with Gasteiger partial charge in [-0.15, -0.1) is 0 Å². The smallest absolute Gasteiger partial charge is 0.120 e. The number of hydrogen-bond donors (Lipinski definition) is 1. The second-order valence-electron chi connectivity index (χ2n) is 3.23. The highest BCUT2D eigenvalue weighted by molar-refractivity contribution is 6.33. The first-order chi connectivity index (χ1) is 7.24. The van der Waals surface area contributed by atoms with Gasteiger partial charge in [-0.2, -0.15) is 0 Å². The second kappa shape index (κ2) is 6.53. The Morgan fingerprint density at radius 1 is 1.27 bits per heavy atom. The SMILES string of the molecule is COCCCCOc1ccc(N)c(Cl)c1. The average Bonchev–Trinajstić information content (AvgIpc) is 2.23. The van der Waals surface area contributed by atoms with E-state index in [9.17, 15) is 0 Å². The second-order valence-corrected chi connectivity index (χ2v) is 3.64. The highest BCUT2D eigenvalue weighted by Crippen LogP contribution is 2.24. The minimum Gasteiger partial charge on any atom is -0.494 e. The molecule has 0 aliphatic carbocycles. The zero-order valence-electron chi connectivity index (χ0n) is 8.83. The Kier molecular flexibility index (Phi) is 5.29. The van der Waals surface area contributed by atoms with E-state index in [1.165, 1.54) is 0 Å². The first-order valence-corrected chi connectivity index (χ1v) is 5.28. The molecule has 0 spiro atoms. The van der Waals surface area contributed by atoms with Crippen LogP contribution >= 0.6 is 11.6 Å². The Balaban J connectivity index is 2.28. The number of anilines is 1. The van der Waals surface area contributed by atoms with Crippen molar-refractivity contribution in [1.82, 2.24) is 0 Å². The molecule has 2 N–H and O–H groups in total. The summed E-state index contributed by atoms with van der Waals surface area (Å²) >= 11 is 5.85. The van der Waals surface area contributed by atoms with E-state index in [4.69, 9.17) is 26.8 Å². The Labute approximate surface area is 95.1 Å². The lowest BCUT2D eigenvalue weighted by molar-refractivity contribution is 0.184. The number of ether oxygens (including phenoxy) is 2. The Morgan fingerprint density at radius 2 is 2.00 bits per heavy atom. The van der Waals surface area contributed by atoms with E-state index in [-0.39, 0.29) is 0 Å². The van der Waals surface area contributed by atoms with Gasteiger partial charge in [-0.1, -0.05) is 11.6 Å². The summed E-state index contributed by atoms with van der Waals surface area (Å²) in [6.45, 7) is 1.44. The molecule has 1 aromatic carbocycles. The minimum absolute atomic E-state index is 0.532. The first kappa shape index (κ1) is 12.1. The summed E-state index contributed by atoms with van der Waals surface area (Å²) in [6, 6.07) is 5.29. The van der Waals surface area contributed by atoms with Gasteiger partial charge in [-0.25, -0.2) is 0 Å². The van der Waals surface area contributed by atoms with Crippen molar-refractivity contribution in [3.05, 3.63) is 23.2 Å². The third kappa shape index (κ3) is 4.40. The van der Waals surface area contributed by atoms with Crippen LogP contribution in [0.3, 0.4) is 0 Å². The molecule has 84 valence electrons. The van der Waals surface area contributed by atoms with Crippen molar-refractivity contribution < 1.29 is 9.47 Å². The zero-order valence-corrected chi connectivity index (χ0v) is 9.59. The van der Waals surface area contributed by atoms with Crippen molar-refractivity contribution in [2.24, 2.45) is 0 Å². The quantitative estimate of drug-likeness (QED) is 0.603. The summed E-state index contributed by atoms with van der Waals surface area (Å²) in [7, 11) is 1.70. The predicted octanol–water partition coefficient (Wildman–Crippen LogP) is 2.73. The van der Waals surface area contributed by atoms with Crippen molar-refractivity contribution in [2.45, 2.75) is 12.8 Å². The number of nitrogens with two attached hydrogens (primary N) is 1. The number of halogens is 1. The predicted molar refractivity (Wildman–Crippen MR) is 62.5 cm³/mol. The lowest BCUT2D eigenvalue weighted by Gasteiger charge is -2.07. The summed E-state index contributed by atoms with van der Waals surface area (Å²) < 4.78 is 10.4. The molecule has 1 rings (SSSR count). The number of methoxy groups -OCH3 is 1. The fourth-order valence-corrected chi connectivity index (χ4v) is 1.31. The summed E-state index contributed by atoms with van der Waals surface area (Å²) in [5, 5.41) is 0.532. The van der Waals surface area contributed by atoms with Crippen molar-refractivity contribution in [3.63, 3.8) is 0 Å². The van der Waals surface area contributed by atoms with Gasteiger partial charge in [0.05, 0.1) is 17.3 Å². The maximum atomic E-state index is 5.85. The lowest BCUT2D eigenvalue weighted by atomic mass is 10.3. The van der Waals surface area contributed by atoms with E-state index in [2.05, 4.69) is 0 Å². The van der Waals surface area contributed by atoms with Gasteiger partial charge in [0.2, 0.25) is 0 Å². The molecule has 1 aromatic rings. The monoisotopic (exact) mass is 229 g/mol. The third-order valence-electron chi connectivity index (χ3n) is 1.98. The van der Waals surface area contributed by atoms with Crippen molar-refractivity contribution in [2.75, 3.05) is 26.1 Å². The average molecular weight is 230 g/mol. The Hall–Kier alpha value is -0.930. The Morgan fingerprint density at radius 3 is 2.67 bits per heavy atom. The molecular weight excluding hydrogens is 214 g/mol. The van der Waals surface area contributed by atoms with Gasteiger partial charge >= 0.3 is 0 Å². The van der Waals surface area contributed by atoms with Crippen LogP contribution in [-0.2, 0) is 4.74 Å². The lowest BCUT2D eigenvalue weighted by Crippen LogP contribution is -1.99. The third-order valence-corrected chi connectivity index (χ3v) is 2.31. The van der Waals surface area contributed by atoms with Gasteiger partial charge in [-0.3, -0.25) is 0 Å². The maximum absolute atomic E-state index is 5.85. The summed E-state index contributed by atoms with van der Waals surface area (Å²) in [6.07, 6.45) is 1.97. The number of hydrogen-bond acceptors (Lipinski definition) is 3. The van der Waals surface area contributed by atoms with Crippen LogP contribution in [0, 0.1) is 0 Å². The summed E-state index contributed by atoms with van der Waals surface area (Å²) in [4.78, 5) is 0. The van der Waals surface area contributed by atoms with Gasteiger partial charge in [-0.05, 0) is 25.0 Å². The van der Waals surface area contributed by atoms with Crippen molar-refractivity contribution in [1.29, 1.82) is 0 Å². The molecule has 3 nitrogen and oxygen atoms in total. The molecular formula is C11H16ClNO2. The largest absolute Gasteiger partial charge is 0.494 e. The topological polar surface area (TPSA) is 44.5 Å². The fraction of sp³-hybridized carbons (Fsp3) is 0.455. The molecule has 0 aromatic heterocycles. The normalized spacial score (nSPS) is 10.3. The standard InChI is InChI=1S/C11H16ClNO2/c1-14-6-2-3-7-15-9-4-5-11(13)10(12)8-9/h4-5,8H,2-3,6-7,13H2,1H3. The van der Waals surface area contributed by atoms with Crippen LogP contribution in [0.1, 0.15) is 12.8 Å². The van der Waals surface area contributed by atoms with Crippen molar-refractivity contribution >= 4 is 17.3 Å². The van der Waals surface area contributed by atoms with Crippen LogP contribution in [0.15, 0.2) is 18.2 Å². The molecule has 0 aliphatic heterocycles. The van der Waals surface area contributed by atoms with Crippen LogP contribution in [0.2, 0.25) is 5.02 Å². The molecule has 0 atom stereocenters. The molecule has 0 radical (unpaired) electrons. The van der Waals surface area contributed by atoms with E-state index in [1.807, 2.05) is 6.07 Å². The Bertz CT molecular complexity index is 305. The van der Waals surface area contributed by atoms with E-state index < -0.39 is 0 Å². The van der Waals surface area contributed by atoms with Gasteiger partial charge in [0.1, 0.15) is 5.75 Å². The highest BCUT2D eigenvalue weighted by atomic mass is 35.5. The minimum atomic E-state index is 0.532. The molecule has 0 fully saturated rings. The maximum Gasteiger partial charge on any atom is 0.120 e. The van der Waals surface area contributed by atoms with Crippen LogP contribution < -0.4 is 10.5 Å². The van der Waals surface area contributed by atoms with Crippen LogP contribution in [0.5, 0.6) is 5.75 Å². The molecule has 0 bridgehead atoms. The molecule has 0 amide bonds. The fourth-order valence-electron chi connectivity index (χ4n) is 1.14. The van der Waals surface area contributed by atoms with E-state index in [0.29, 0.717) is 17.3 Å². The number of benzene rings is 1. The summed E-state index contributed by atoms with van der Waals surface area (Å²) in [5.74, 6) is 0.756. The van der Waals surface area contributed by atoms with Crippen LogP contribution in [0.4, 0.5) is 5.69 Å². The highest BCUT2D eigenvalue weighted by Gasteiger charge is 1.98. The number of rotatable bonds is 6. The molecule has 0 heterocycles. The zero-order chi connectivity index (χ0) is 11.1. The summed E-state index contributed by atoms with van der Waals surface area (Å²) in [5.41, 5.74) is 6.15. The molecule has 0 saturated carbocycles.